The molecular formula is C26H19FN4O4S. The van der Waals surface area contributed by atoms with Crippen LogP contribution in [0.5, 0.6) is 0 Å². The first-order valence-electron chi connectivity index (χ1n) is 11.4. The lowest BCUT2D eigenvalue weighted by Crippen LogP contribution is -2.53. The maximum Gasteiger partial charge on any atom is 0.297 e. The Hall–Kier alpha value is -4.18. The summed E-state index contributed by atoms with van der Waals surface area (Å²) < 4.78 is 20.1. The summed E-state index contributed by atoms with van der Waals surface area (Å²) >= 11 is 1.18. The zero-order valence-electron chi connectivity index (χ0n) is 19.2. The van der Waals surface area contributed by atoms with Gasteiger partial charge in [-0.25, -0.2) is 4.39 Å². The van der Waals surface area contributed by atoms with Crippen LogP contribution < -0.4 is 15.2 Å². The average Bonchev–Trinajstić information content (AvgIpc) is 3.50. The second kappa shape index (κ2) is 7.92. The third-order valence-corrected chi connectivity index (χ3v) is 7.48. The van der Waals surface area contributed by atoms with E-state index in [1.807, 2.05) is 6.92 Å². The molecule has 0 radical (unpaired) electrons. The molecule has 36 heavy (non-hydrogen) atoms. The Morgan fingerprint density at radius 1 is 1.17 bits per heavy atom. The fraction of sp³-hybridized carbons (Fsp3) is 0.192. The average molecular weight is 503 g/mol. The molecule has 2 aliphatic rings. The largest absolute Gasteiger partial charge is 0.450 e. The minimum Gasteiger partial charge on any atom is -0.450 e. The minimum absolute atomic E-state index is 0.0520. The Morgan fingerprint density at radius 3 is 2.75 bits per heavy atom. The summed E-state index contributed by atoms with van der Waals surface area (Å²) in [5, 5.41) is 9.25. The molecule has 2 aliphatic heterocycles. The van der Waals surface area contributed by atoms with Crippen LogP contribution in [-0.2, 0) is 16.8 Å². The molecule has 4 aromatic rings. The van der Waals surface area contributed by atoms with E-state index in [4.69, 9.17) is 4.42 Å². The van der Waals surface area contributed by atoms with E-state index in [-0.39, 0.29) is 34.0 Å². The second-order valence-corrected chi connectivity index (χ2v) is 9.62. The smallest absolute Gasteiger partial charge is 0.297 e. The summed E-state index contributed by atoms with van der Waals surface area (Å²) in [6.07, 6.45) is 3.03. The zero-order valence-corrected chi connectivity index (χ0v) is 20.0. The SMILES string of the molecule is C=CCN1C(=O)C2(c3ccccc31)c1c(oc3ccc(F)cc3c1=O)C(=O)N2c1nnc(CCC)s1. The summed E-state index contributed by atoms with van der Waals surface area (Å²) in [6.45, 7) is 5.91. The number of aryl methyl sites for hydroxylation is 1. The Balaban J connectivity index is 1.74. The maximum absolute atomic E-state index is 14.3. The number of carbonyl (C=O) groups excluding carboxylic acids is 2. The lowest BCUT2D eigenvalue weighted by Gasteiger charge is -2.31. The van der Waals surface area contributed by atoms with E-state index in [0.29, 0.717) is 22.7 Å². The van der Waals surface area contributed by atoms with Crippen LogP contribution in [0.3, 0.4) is 0 Å². The van der Waals surface area contributed by atoms with Crippen LogP contribution in [-0.4, -0.2) is 28.6 Å². The summed E-state index contributed by atoms with van der Waals surface area (Å²) in [5.41, 5.74) is -1.67. The molecule has 0 fully saturated rings. The molecule has 6 rings (SSSR count). The molecule has 4 heterocycles. The van der Waals surface area contributed by atoms with E-state index in [1.165, 1.54) is 27.2 Å². The lowest BCUT2D eigenvalue weighted by atomic mass is 9.84. The van der Waals surface area contributed by atoms with Crippen molar-refractivity contribution < 1.29 is 18.4 Å². The molecule has 8 nitrogen and oxygen atoms in total. The highest BCUT2D eigenvalue weighted by molar-refractivity contribution is 7.15. The second-order valence-electron chi connectivity index (χ2n) is 8.58. The maximum atomic E-state index is 14.3. The molecule has 10 heteroatoms. The zero-order chi connectivity index (χ0) is 25.2. The van der Waals surface area contributed by atoms with E-state index in [2.05, 4.69) is 16.8 Å². The molecule has 1 unspecified atom stereocenters. The van der Waals surface area contributed by atoms with Gasteiger partial charge in [-0.2, -0.15) is 0 Å². The van der Waals surface area contributed by atoms with Crippen molar-refractivity contribution in [3.8, 4) is 0 Å². The molecule has 0 saturated carbocycles. The first-order chi connectivity index (χ1) is 17.4. The summed E-state index contributed by atoms with van der Waals surface area (Å²) in [4.78, 5) is 45.0. The molecule has 0 saturated heterocycles. The quantitative estimate of drug-likeness (QED) is 0.380. The number of rotatable bonds is 5. The Labute approximate surface area is 208 Å². The number of anilines is 2. The molecule has 0 N–H and O–H groups in total. The van der Waals surface area contributed by atoms with Crippen molar-refractivity contribution in [1.82, 2.24) is 10.2 Å². The van der Waals surface area contributed by atoms with Gasteiger partial charge in [-0.3, -0.25) is 19.3 Å². The van der Waals surface area contributed by atoms with Crippen LogP contribution in [0.1, 0.15) is 40.0 Å². The number of halogens is 1. The van der Waals surface area contributed by atoms with Gasteiger partial charge in [0.2, 0.25) is 10.9 Å². The van der Waals surface area contributed by atoms with Crippen molar-refractivity contribution in [1.29, 1.82) is 0 Å². The van der Waals surface area contributed by atoms with Gasteiger partial charge in [0.25, 0.3) is 11.8 Å². The molecular weight excluding hydrogens is 483 g/mol. The van der Waals surface area contributed by atoms with Gasteiger partial charge in [0, 0.05) is 18.5 Å². The number of benzene rings is 2. The third kappa shape index (κ3) is 2.75. The van der Waals surface area contributed by atoms with E-state index in [0.717, 1.165) is 18.6 Å². The predicted octanol–water partition coefficient (Wildman–Crippen LogP) is 4.17. The van der Waals surface area contributed by atoms with E-state index in [1.54, 1.807) is 30.3 Å². The van der Waals surface area contributed by atoms with E-state index < -0.39 is 28.6 Å². The van der Waals surface area contributed by atoms with Gasteiger partial charge in [-0.05, 0) is 30.7 Å². The fourth-order valence-electron chi connectivity index (χ4n) is 5.10. The molecule has 2 aromatic carbocycles. The minimum atomic E-state index is -1.88. The number of hydrogen-bond donors (Lipinski definition) is 0. The molecule has 2 aromatic heterocycles. The standard InChI is InChI=1S/C26H19FN4O4S/c1-3-7-19-28-29-25(36-19)31-23(33)22-20(21(32)15-13-14(27)10-11-18(15)35-22)26(31)16-8-5-6-9-17(16)30(12-4-2)24(26)34/h4-6,8-11,13H,2-3,7,12H2,1H3. The number of aromatic nitrogens is 2. The van der Waals surface area contributed by atoms with Gasteiger partial charge >= 0.3 is 0 Å². The van der Waals surface area contributed by atoms with Crippen LogP contribution in [0, 0.1) is 5.82 Å². The predicted molar refractivity (Wildman–Crippen MR) is 133 cm³/mol. The number of amides is 2. The van der Waals surface area contributed by atoms with Crippen LogP contribution in [0.25, 0.3) is 11.0 Å². The van der Waals surface area contributed by atoms with Gasteiger partial charge in [-0.1, -0.05) is 42.5 Å². The Morgan fingerprint density at radius 2 is 1.97 bits per heavy atom. The molecule has 0 bridgehead atoms. The fourth-order valence-corrected chi connectivity index (χ4v) is 6.09. The normalized spacial score (nSPS) is 18.4. The number of hydrogen-bond acceptors (Lipinski definition) is 7. The topological polar surface area (TPSA) is 96.6 Å². The highest BCUT2D eigenvalue weighted by atomic mass is 32.1. The molecule has 1 spiro atoms. The van der Waals surface area contributed by atoms with Crippen molar-refractivity contribution in [2.75, 3.05) is 16.3 Å². The van der Waals surface area contributed by atoms with Crippen LogP contribution >= 0.6 is 11.3 Å². The highest BCUT2D eigenvalue weighted by Crippen LogP contribution is 2.54. The van der Waals surface area contributed by atoms with Gasteiger partial charge in [0.1, 0.15) is 16.4 Å². The van der Waals surface area contributed by atoms with Crippen molar-refractivity contribution in [3.63, 3.8) is 0 Å². The summed E-state index contributed by atoms with van der Waals surface area (Å²) in [7, 11) is 0. The summed E-state index contributed by atoms with van der Waals surface area (Å²) in [5.74, 6) is -2.11. The number of fused-ring (bicyclic) bond motifs is 5. The first kappa shape index (κ1) is 22.3. The van der Waals surface area contributed by atoms with Crippen LogP contribution in [0.2, 0.25) is 0 Å². The van der Waals surface area contributed by atoms with Crippen molar-refractivity contribution in [2.45, 2.75) is 25.3 Å². The van der Waals surface area contributed by atoms with Gasteiger partial charge < -0.3 is 9.32 Å². The number of para-hydroxylation sites is 1. The Kier molecular flexibility index (Phi) is 4.91. The monoisotopic (exact) mass is 502 g/mol. The third-order valence-electron chi connectivity index (χ3n) is 6.51. The van der Waals surface area contributed by atoms with E-state index >= 15 is 0 Å². The van der Waals surface area contributed by atoms with Gasteiger partial charge in [0.15, 0.2) is 11.0 Å². The number of nitrogens with zero attached hydrogens (tertiary/aromatic N) is 4. The molecule has 1 atom stereocenters. The van der Waals surface area contributed by atoms with Crippen molar-refractivity contribution in [3.05, 3.63) is 93.1 Å². The first-order valence-corrected chi connectivity index (χ1v) is 12.2. The molecule has 2 amide bonds. The molecule has 180 valence electrons. The van der Waals surface area contributed by atoms with Crippen LogP contribution in [0.15, 0.2) is 64.3 Å². The van der Waals surface area contributed by atoms with E-state index in [9.17, 15) is 18.8 Å². The van der Waals surface area contributed by atoms with Crippen molar-refractivity contribution >= 4 is 44.9 Å². The highest BCUT2D eigenvalue weighted by Gasteiger charge is 2.66. The van der Waals surface area contributed by atoms with Gasteiger partial charge in [-0.15, -0.1) is 16.8 Å². The van der Waals surface area contributed by atoms with Gasteiger partial charge in [0.05, 0.1) is 16.6 Å². The van der Waals surface area contributed by atoms with Crippen LogP contribution in [0.4, 0.5) is 15.2 Å². The Bertz CT molecular complexity index is 1660. The van der Waals surface area contributed by atoms with Crippen molar-refractivity contribution in [2.24, 2.45) is 0 Å². The lowest BCUT2D eigenvalue weighted by molar-refractivity contribution is -0.121. The molecule has 0 aliphatic carbocycles. The number of carbonyl (C=O) groups is 2. The summed E-state index contributed by atoms with van der Waals surface area (Å²) in [6, 6.07) is 10.5.